The number of rotatable bonds is 6. The third kappa shape index (κ3) is 6.66. The summed E-state index contributed by atoms with van der Waals surface area (Å²) in [5.74, 6) is 0.402. The second kappa shape index (κ2) is 11.7. The molecule has 8 nitrogen and oxygen atoms in total. The van der Waals surface area contributed by atoms with Crippen molar-refractivity contribution in [2.75, 3.05) is 31.1 Å². The molecule has 1 aromatic carbocycles. The fourth-order valence-electron chi connectivity index (χ4n) is 5.79. The first-order chi connectivity index (χ1) is 19.2. The van der Waals surface area contributed by atoms with Crippen LogP contribution >= 0.6 is 0 Å². The molecule has 1 N–H and O–H groups in total. The van der Waals surface area contributed by atoms with E-state index in [1.165, 1.54) is 0 Å². The van der Waals surface area contributed by atoms with E-state index in [0.29, 0.717) is 19.1 Å². The van der Waals surface area contributed by atoms with Crippen LogP contribution in [0.5, 0.6) is 0 Å². The fourth-order valence-corrected chi connectivity index (χ4v) is 5.79. The number of carbonyl (C=O) groups excluding carboxylic acids is 2. The smallest absolute Gasteiger partial charge is 0.410 e. The number of aryl methyl sites for hydroxylation is 1. The summed E-state index contributed by atoms with van der Waals surface area (Å²) in [7, 11) is 0. The lowest BCUT2D eigenvalue weighted by Crippen LogP contribution is -2.45. The molecule has 0 spiro atoms. The molecule has 2 amide bonds. The van der Waals surface area contributed by atoms with Gasteiger partial charge < -0.3 is 24.6 Å². The summed E-state index contributed by atoms with van der Waals surface area (Å²) in [5.41, 5.74) is 5.94. The molecule has 40 heavy (non-hydrogen) atoms. The number of piperidine rings is 1. The van der Waals surface area contributed by atoms with Crippen LogP contribution in [0.25, 0.3) is 11.1 Å². The van der Waals surface area contributed by atoms with Crippen molar-refractivity contribution in [3.63, 3.8) is 0 Å². The number of anilines is 1. The highest BCUT2D eigenvalue weighted by molar-refractivity contribution is 5.79. The highest BCUT2D eigenvalue weighted by Gasteiger charge is 2.42. The Labute approximate surface area is 238 Å². The Balaban J connectivity index is 0.00000387. The Kier molecular flexibility index (Phi) is 8.14. The van der Waals surface area contributed by atoms with Gasteiger partial charge in [-0.15, -0.1) is 0 Å². The number of benzene rings is 1. The third-order valence-corrected chi connectivity index (χ3v) is 7.70. The summed E-state index contributed by atoms with van der Waals surface area (Å²) in [4.78, 5) is 33.8. The molecule has 8 heteroatoms. The van der Waals surface area contributed by atoms with E-state index >= 15 is 0 Å². The van der Waals surface area contributed by atoms with Crippen LogP contribution in [-0.4, -0.2) is 60.0 Å². The van der Waals surface area contributed by atoms with Crippen LogP contribution in [0.4, 0.5) is 15.3 Å². The predicted octanol–water partition coefficient (Wildman–Crippen LogP) is 6.25. The lowest BCUT2D eigenvalue weighted by atomic mass is 9.96. The SMILES string of the molecule is Cc1cc(-c2ccncc2N2CC3CC(C2)N(C(=O)OC(C)(C)C)C3)ccc1CNC(=O)OCC1=CCCC=C1.[HH]. The molecular formula is C32H42N4O4. The zero-order valence-corrected chi connectivity index (χ0v) is 24.0. The third-order valence-electron chi connectivity index (χ3n) is 7.70. The van der Waals surface area contributed by atoms with E-state index in [1.807, 2.05) is 44.1 Å². The minimum absolute atomic E-state index is 0. The van der Waals surface area contributed by atoms with E-state index in [0.717, 1.165) is 72.4 Å². The number of hydrogen-bond acceptors (Lipinski definition) is 6. The first-order valence-electron chi connectivity index (χ1n) is 14.2. The Morgan fingerprint density at radius 2 is 2.00 bits per heavy atom. The number of allylic oxidation sites excluding steroid dienone is 2. The van der Waals surface area contributed by atoms with Crippen molar-refractivity contribution < 1.29 is 20.5 Å². The molecule has 214 valence electrons. The van der Waals surface area contributed by atoms with Crippen LogP contribution in [0.3, 0.4) is 0 Å². The van der Waals surface area contributed by atoms with Crippen LogP contribution in [0.1, 0.15) is 52.6 Å². The average molecular weight is 547 g/mol. The number of alkyl carbamates (subject to hydrolysis) is 1. The summed E-state index contributed by atoms with van der Waals surface area (Å²) in [6, 6.07) is 8.49. The van der Waals surface area contributed by atoms with Gasteiger partial charge in [0.2, 0.25) is 0 Å². The van der Waals surface area contributed by atoms with E-state index in [9.17, 15) is 9.59 Å². The molecule has 3 heterocycles. The largest absolute Gasteiger partial charge is 0.445 e. The molecule has 5 rings (SSSR count). The van der Waals surface area contributed by atoms with Crippen LogP contribution in [0.2, 0.25) is 0 Å². The van der Waals surface area contributed by atoms with Crippen molar-refractivity contribution in [2.24, 2.45) is 5.92 Å². The first-order valence-corrected chi connectivity index (χ1v) is 14.2. The zero-order valence-electron chi connectivity index (χ0n) is 24.0. The van der Waals surface area contributed by atoms with Crippen LogP contribution in [0, 0.1) is 12.8 Å². The summed E-state index contributed by atoms with van der Waals surface area (Å²) in [5, 5.41) is 2.87. The number of amides is 2. The number of hydrogen-bond donors (Lipinski definition) is 1. The summed E-state index contributed by atoms with van der Waals surface area (Å²) >= 11 is 0. The van der Waals surface area contributed by atoms with Crippen molar-refractivity contribution in [1.29, 1.82) is 0 Å². The van der Waals surface area contributed by atoms with Gasteiger partial charge in [-0.3, -0.25) is 4.98 Å². The standard InChI is InChI=1S/C32H40N4O4.H2/c1-22-14-25(10-11-26(22)16-34-30(37)39-21-23-8-6-5-7-9-23)28-12-13-33-17-29(28)35-18-24-15-27(20-35)36(19-24)31(38)40-32(2,3)4;/h6,8-14,17,24,27H,5,7,15-16,18-21H2,1-4H3,(H,34,37);1H. The molecule has 2 aliphatic heterocycles. The molecule has 2 bridgehead atoms. The van der Waals surface area contributed by atoms with E-state index in [-0.39, 0.29) is 13.6 Å². The Bertz CT molecular complexity index is 1320. The van der Waals surface area contributed by atoms with Crippen LogP contribution < -0.4 is 10.2 Å². The molecular weight excluding hydrogens is 504 g/mol. The van der Waals surface area contributed by atoms with E-state index in [2.05, 4.69) is 58.5 Å². The maximum atomic E-state index is 12.8. The van der Waals surface area contributed by atoms with Crippen molar-refractivity contribution in [1.82, 2.24) is 15.2 Å². The number of ether oxygens (including phenoxy) is 2. The van der Waals surface area contributed by atoms with Gasteiger partial charge in [-0.2, -0.15) is 0 Å². The van der Waals surface area contributed by atoms with Gasteiger partial charge in [0.1, 0.15) is 12.2 Å². The zero-order chi connectivity index (χ0) is 28.3. The second-order valence-corrected chi connectivity index (χ2v) is 12.0. The minimum Gasteiger partial charge on any atom is -0.445 e. The van der Waals surface area contributed by atoms with Crippen molar-refractivity contribution in [2.45, 2.75) is 65.1 Å². The predicted molar refractivity (Wildman–Crippen MR) is 158 cm³/mol. The van der Waals surface area contributed by atoms with E-state index < -0.39 is 11.7 Å². The van der Waals surface area contributed by atoms with Crippen LogP contribution in [-0.2, 0) is 16.0 Å². The first kappa shape index (κ1) is 27.7. The van der Waals surface area contributed by atoms with Crippen molar-refractivity contribution >= 4 is 17.9 Å². The number of carbonyl (C=O) groups is 2. The highest BCUT2D eigenvalue weighted by Crippen LogP contribution is 2.37. The summed E-state index contributed by atoms with van der Waals surface area (Å²) in [6.45, 7) is 10.8. The van der Waals surface area contributed by atoms with Crippen molar-refractivity contribution in [3.8, 4) is 11.1 Å². The van der Waals surface area contributed by atoms with Crippen LogP contribution in [0.15, 0.2) is 60.5 Å². The van der Waals surface area contributed by atoms with Gasteiger partial charge in [-0.05, 0) is 81.2 Å². The highest BCUT2D eigenvalue weighted by atomic mass is 16.6. The number of nitrogens with one attached hydrogen (secondary N) is 1. The number of nitrogens with zero attached hydrogens (tertiary/aromatic N) is 3. The molecule has 3 aliphatic rings. The quantitative estimate of drug-likeness (QED) is 0.461. The minimum atomic E-state index is -0.506. The molecule has 2 aromatic rings. The van der Waals surface area contributed by atoms with E-state index in [4.69, 9.17) is 9.47 Å². The van der Waals surface area contributed by atoms with Crippen molar-refractivity contribution in [3.05, 3.63) is 71.6 Å². The molecule has 0 radical (unpaired) electrons. The van der Waals surface area contributed by atoms with Gasteiger partial charge in [0.25, 0.3) is 0 Å². The number of pyridine rings is 1. The molecule has 2 unspecified atom stereocenters. The molecule has 2 fully saturated rings. The number of likely N-dealkylation sites (tertiary alicyclic amines) is 1. The summed E-state index contributed by atoms with van der Waals surface area (Å²) in [6.07, 6.45) is 12.4. The lowest BCUT2D eigenvalue weighted by molar-refractivity contribution is 0.0233. The number of aromatic nitrogens is 1. The maximum Gasteiger partial charge on any atom is 0.410 e. The Morgan fingerprint density at radius 3 is 2.75 bits per heavy atom. The topological polar surface area (TPSA) is 84.0 Å². The van der Waals surface area contributed by atoms with Gasteiger partial charge in [0.15, 0.2) is 0 Å². The normalized spacial score (nSPS) is 20.2. The lowest BCUT2D eigenvalue weighted by Gasteiger charge is -2.35. The molecule has 2 atom stereocenters. The van der Waals surface area contributed by atoms with E-state index in [1.54, 1.807) is 0 Å². The maximum absolute atomic E-state index is 12.8. The summed E-state index contributed by atoms with van der Waals surface area (Å²) < 4.78 is 11.1. The van der Waals surface area contributed by atoms with Gasteiger partial charge in [-0.1, -0.05) is 36.4 Å². The second-order valence-electron chi connectivity index (χ2n) is 12.0. The molecule has 0 saturated carbocycles. The molecule has 2 saturated heterocycles. The monoisotopic (exact) mass is 546 g/mol. The molecule has 1 aliphatic carbocycles. The van der Waals surface area contributed by atoms with Gasteiger partial charge >= 0.3 is 12.2 Å². The Hall–Kier alpha value is -3.81. The fraction of sp³-hybridized carbons (Fsp3) is 0.469. The molecule has 1 aromatic heterocycles. The average Bonchev–Trinajstić information content (AvgIpc) is 3.24. The van der Waals surface area contributed by atoms with Gasteiger partial charge in [0, 0.05) is 39.4 Å². The number of fused-ring (bicyclic) bond motifs is 2. The van der Waals surface area contributed by atoms with Gasteiger partial charge in [0.05, 0.1) is 17.9 Å². The van der Waals surface area contributed by atoms with Gasteiger partial charge in [-0.25, -0.2) is 9.59 Å². The Morgan fingerprint density at radius 1 is 1.15 bits per heavy atom.